The molecule has 2 amide bonds. The van der Waals surface area contributed by atoms with Crippen molar-refractivity contribution >= 4 is 40.8 Å². The second kappa shape index (κ2) is 11.3. The molecule has 0 aliphatic carbocycles. The number of hydrogen-bond donors (Lipinski definition) is 1. The Morgan fingerprint density at radius 2 is 1.77 bits per heavy atom. The predicted molar refractivity (Wildman–Crippen MR) is 143 cm³/mol. The van der Waals surface area contributed by atoms with Gasteiger partial charge in [0, 0.05) is 23.6 Å². The first-order valence-corrected chi connectivity index (χ1v) is 12.5. The lowest BCUT2D eigenvalue weighted by molar-refractivity contribution is -0.117. The maximum atomic E-state index is 13.2. The first-order valence-electron chi connectivity index (χ1n) is 11.7. The number of amides is 2. The Bertz CT molecular complexity index is 1210. The molecule has 3 rings (SSSR count). The van der Waals surface area contributed by atoms with Gasteiger partial charge in [-0.05, 0) is 43.2 Å². The molecule has 0 atom stereocenters. The fraction of sp³-hybridized carbons (Fsp3) is 0.370. The number of aryl methyl sites for hydroxylation is 1. The SMILES string of the molecule is CCCCN(CC(=O)Nc1cc(C(C)(C)C)nn1-c1ccccc1C)C(=O)c1ccc(Cl)c(Cl)c1. The molecule has 0 fully saturated rings. The Labute approximate surface area is 217 Å². The van der Waals surface area contributed by atoms with Crippen molar-refractivity contribution < 1.29 is 9.59 Å². The lowest BCUT2D eigenvalue weighted by Crippen LogP contribution is -2.39. The third-order valence-corrected chi connectivity index (χ3v) is 6.40. The van der Waals surface area contributed by atoms with E-state index < -0.39 is 0 Å². The lowest BCUT2D eigenvalue weighted by atomic mass is 9.92. The highest BCUT2D eigenvalue weighted by Crippen LogP contribution is 2.28. The Balaban J connectivity index is 1.88. The number of unbranched alkanes of at least 4 members (excludes halogenated alkanes) is 1. The number of hydrogen-bond acceptors (Lipinski definition) is 3. The minimum absolute atomic E-state index is 0.0944. The van der Waals surface area contributed by atoms with Gasteiger partial charge in [0.1, 0.15) is 12.4 Å². The van der Waals surface area contributed by atoms with Crippen molar-refractivity contribution in [3.05, 3.63) is 75.4 Å². The van der Waals surface area contributed by atoms with Crippen LogP contribution in [0.4, 0.5) is 5.82 Å². The van der Waals surface area contributed by atoms with Crippen molar-refractivity contribution in [1.29, 1.82) is 0 Å². The van der Waals surface area contributed by atoms with E-state index in [0.717, 1.165) is 29.8 Å². The van der Waals surface area contributed by atoms with E-state index in [-0.39, 0.29) is 23.8 Å². The average Bonchev–Trinajstić information content (AvgIpc) is 3.22. The molecule has 1 heterocycles. The van der Waals surface area contributed by atoms with Crippen LogP contribution in [-0.4, -0.2) is 39.6 Å². The Morgan fingerprint density at radius 1 is 1.06 bits per heavy atom. The lowest BCUT2D eigenvalue weighted by Gasteiger charge is -2.22. The van der Waals surface area contributed by atoms with Gasteiger partial charge in [-0.3, -0.25) is 9.59 Å². The van der Waals surface area contributed by atoms with Crippen molar-refractivity contribution in [3.8, 4) is 5.69 Å². The second-order valence-electron chi connectivity index (χ2n) is 9.62. The van der Waals surface area contributed by atoms with Crippen molar-refractivity contribution in [2.75, 3.05) is 18.4 Å². The normalized spacial score (nSPS) is 11.4. The molecule has 6 nitrogen and oxygen atoms in total. The minimum Gasteiger partial charge on any atom is -0.329 e. The van der Waals surface area contributed by atoms with Gasteiger partial charge in [0.2, 0.25) is 5.91 Å². The molecule has 0 aliphatic heterocycles. The van der Waals surface area contributed by atoms with Crippen LogP contribution in [0.2, 0.25) is 10.0 Å². The van der Waals surface area contributed by atoms with Crippen LogP contribution in [0.5, 0.6) is 0 Å². The van der Waals surface area contributed by atoms with E-state index in [4.69, 9.17) is 28.3 Å². The van der Waals surface area contributed by atoms with Crippen LogP contribution < -0.4 is 5.32 Å². The van der Waals surface area contributed by atoms with Crippen LogP contribution >= 0.6 is 23.2 Å². The fourth-order valence-electron chi connectivity index (χ4n) is 3.59. The number of benzene rings is 2. The number of para-hydroxylation sites is 1. The molecule has 1 aromatic heterocycles. The van der Waals surface area contributed by atoms with E-state index in [2.05, 4.69) is 26.1 Å². The van der Waals surface area contributed by atoms with Crippen molar-refractivity contribution in [2.45, 2.75) is 52.9 Å². The van der Waals surface area contributed by atoms with Gasteiger partial charge in [-0.15, -0.1) is 0 Å². The minimum atomic E-state index is -0.301. The van der Waals surface area contributed by atoms with Crippen LogP contribution in [-0.2, 0) is 10.2 Å². The van der Waals surface area contributed by atoms with Crippen LogP contribution in [0.25, 0.3) is 5.69 Å². The zero-order valence-electron chi connectivity index (χ0n) is 20.9. The molecule has 186 valence electrons. The third kappa shape index (κ3) is 6.65. The number of rotatable bonds is 8. The Morgan fingerprint density at radius 3 is 2.40 bits per heavy atom. The van der Waals surface area contributed by atoms with Gasteiger partial charge in [0.05, 0.1) is 21.4 Å². The molecule has 2 aromatic carbocycles. The molecule has 0 saturated carbocycles. The molecule has 0 spiro atoms. The Hall–Kier alpha value is -2.83. The molecule has 0 aliphatic rings. The van der Waals surface area contributed by atoms with E-state index in [1.54, 1.807) is 16.8 Å². The maximum absolute atomic E-state index is 13.2. The number of carbonyl (C=O) groups is 2. The van der Waals surface area contributed by atoms with Gasteiger partial charge in [-0.25, -0.2) is 4.68 Å². The molecule has 0 radical (unpaired) electrons. The fourth-order valence-corrected chi connectivity index (χ4v) is 3.89. The molecule has 1 N–H and O–H groups in total. The van der Waals surface area contributed by atoms with E-state index in [0.29, 0.717) is 28.0 Å². The van der Waals surface area contributed by atoms with Gasteiger partial charge in [0.15, 0.2) is 0 Å². The van der Waals surface area contributed by atoms with Crippen LogP contribution in [0.1, 0.15) is 62.2 Å². The topological polar surface area (TPSA) is 67.2 Å². The monoisotopic (exact) mass is 514 g/mol. The summed E-state index contributed by atoms with van der Waals surface area (Å²) in [5.41, 5.74) is 2.96. The number of nitrogens with one attached hydrogen (secondary N) is 1. The highest BCUT2D eigenvalue weighted by molar-refractivity contribution is 6.42. The van der Waals surface area contributed by atoms with Crippen LogP contribution in [0.15, 0.2) is 48.5 Å². The standard InChI is InChI=1S/C27H32Cl2N4O2/c1-6-7-14-32(26(35)19-12-13-20(28)21(29)15-19)17-25(34)30-24-16-23(27(3,4)5)31-33(24)22-11-9-8-10-18(22)2/h8-13,15-16H,6-7,14,17H2,1-5H3,(H,30,34). The summed E-state index contributed by atoms with van der Waals surface area (Å²) in [6, 6.07) is 14.5. The van der Waals surface area contributed by atoms with Gasteiger partial charge >= 0.3 is 0 Å². The summed E-state index contributed by atoms with van der Waals surface area (Å²) in [6.45, 7) is 10.6. The van der Waals surface area contributed by atoms with Gasteiger partial charge < -0.3 is 10.2 Å². The largest absolute Gasteiger partial charge is 0.329 e. The number of aromatic nitrogens is 2. The first-order chi connectivity index (χ1) is 16.5. The summed E-state index contributed by atoms with van der Waals surface area (Å²) in [7, 11) is 0. The van der Waals surface area contributed by atoms with E-state index in [9.17, 15) is 9.59 Å². The molecular weight excluding hydrogens is 483 g/mol. The van der Waals surface area contributed by atoms with E-state index in [1.165, 1.54) is 11.0 Å². The van der Waals surface area contributed by atoms with Crippen molar-refractivity contribution in [3.63, 3.8) is 0 Å². The average molecular weight is 515 g/mol. The van der Waals surface area contributed by atoms with E-state index >= 15 is 0 Å². The summed E-state index contributed by atoms with van der Waals surface area (Å²) in [5, 5.41) is 8.45. The van der Waals surface area contributed by atoms with Gasteiger partial charge in [0.25, 0.3) is 5.91 Å². The maximum Gasteiger partial charge on any atom is 0.254 e. The summed E-state index contributed by atoms with van der Waals surface area (Å²) in [4.78, 5) is 27.9. The molecular formula is C27H32Cl2N4O2. The molecule has 0 bridgehead atoms. The van der Waals surface area contributed by atoms with Crippen LogP contribution in [0, 0.1) is 6.92 Å². The summed E-state index contributed by atoms with van der Waals surface area (Å²) >= 11 is 12.1. The summed E-state index contributed by atoms with van der Waals surface area (Å²) < 4.78 is 1.75. The molecule has 8 heteroatoms. The number of nitrogens with zero attached hydrogens (tertiary/aromatic N) is 3. The highest BCUT2D eigenvalue weighted by Gasteiger charge is 2.24. The second-order valence-corrected chi connectivity index (χ2v) is 10.4. The summed E-state index contributed by atoms with van der Waals surface area (Å²) in [6.07, 6.45) is 1.66. The highest BCUT2D eigenvalue weighted by atomic mass is 35.5. The zero-order chi connectivity index (χ0) is 25.8. The first kappa shape index (κ1) is 26.8. The number of halogens is 2. The van der Waals surface area contributed by atoms with Gasteiger partial charge in [-0.1, -0.05) is 75.5 Å². The molecule has 0 unspecified atom stereocenters. The molecule has 0 saturated heterocycles. The smallest absolute Gasteiger partial charge is 0.254 e. The summed E-state index contributed by atoms with van der Waals surface area (Å²) in [5.74, 6) is -0.00804. The van der Waals surface area contributed by atoms with Crippen molar-refractivity contribution in [2.24, 2.45) is 0 Å². The Kier molecular flexibility index (Phi) is 8.62. The molecule has 3 aromatic rings. The van der Waals surface area contributed by atoms with Crippen molar-refractivity contribution in [1.82, 2.24) is 14.7 Å². The zero-order valence-corrected chi connectivity index (χ0v) is 22.4. The third-order valence-electron chi connectivity index (χ3n) is 5.66. The number of anilines is 1. The predicted octanol–water partition coefficient (Wildman–Crippen LogP) is 6.67. The van der Waals surface area contributed by atoms with Gasteiger partial charge in [-0.2, -0.15) is 5.10 Å². The van der Waals surface area contributed by atoms with Crippen LogP contribution in [0.3, 0.4) is 0 Å². The quantitative estimate of drug-likeness (QED) is 0.365. The molecule has 35 heavy (non-hydrogen) atoms. The van der Waals surface area contributed by atoms with E-state index in [1.807, 2.05) is 44.2 Å². The number of carbonyl (C=O) groups excluding carboxylic acids is 2.